The van der Waals surface area contributed by atoms with E-state index >= 15 is 0 Å². The largest absolute Gasteiger partial charge is 0.465 e. The summed E-state index contributed by atoms with van der Waals surface area (Å²) in [5.41, 5.74) is -0.226. The highest BCUT2D eigenvalue weighted by molar-refractivity contribution is 7.92. The van der Waals surface area contributed by atoms with Gasteiger partial charge < -0.3 is 4.74 Å². The lowest BCUT2D eigenvalue weighted by molar-refractivity contribution is -0.142. The van der Waals surface area contributed by atoms with Crippen molar-refractivity contribution in [2.75, 3.05) is 12.9 Å². The van der Waals surface area contributed by atoms with Crippen LogP contribution in [0.1, 0.15) is 51.0 Å². The van der Waals surface area contributed by atoms with Crippen molar-refractivity contribution in [1.29, 1.82) is 0 Å². The molecule has 0 spiro atoms. The van der Waals surface area contributed by atoms with Crippen LogP contribution in [0.5, 0.6) is 0 Å². The molecular formula is C25H29ClF2O6S2. The van der Waals surface area contributed by atoms with Gasteiger partial charge in [-0.05, 0) is 93.8 Å². The van der Waals surface area contributed by atoms with E-state index in [-0.39, 0.29) is 42.2 Å². The van der Waals surface area contributed by atoms with Gasteiger partial charge in [-0.3, -0.25) is 4.79 Å². The molecule has 1 unspecified atom stereocenters. The molecule has 0 saturated heterocycles. The molecule has 6 nitrogen and oxygen atoms in total. The zero-order valence-corrected chi connectivity index (χ0v) is 22.4. The number of ether oxygens (including phenoxy) is 1. The number of hydrogen-bond donors (Lipinski definition) is 0. The van der Waals surface area contributed by atoms with Gasteiger partial charge in [0.25, 0.3) is 0 Å². The van der Waals surface area contributed by atoms with Crippen molar-refractivity contribution < 1.29 is 35.1 Å². The molecule has 198 valence electrons. The highest BCUT2D eigenvalue weighted by atomic mass is 35.5. The van der Waals surface area contributed by atoms with Gasteiger partial charge in [-0.1, -0.05) is 11.6 Å². The molecule has 1 fully saturated rings. The van der Waals surface area contributed by atoms with E-state index in [2.05, 4.69) is 0 Å². The predicted molar refractivity (Wildman–Crippen MR) is 133 cm³/mol. The van der Waals surface area contributed by atoms with Gasteiger partial charge in [0, 0.05) is 16.8 Å². The summed E-state index contributed by atoms with van der Waals surface area (Å²) in [4.78, 5) is 12.1. The first-order valence-electron chi connectivity index (χ1n) is 11.6. The van der Waals surface area contributed by atoms with Crippen LogP contribution in [-0.2, 0) is 34.0 Å². The number of carbonyl (C=O) groups is 1. The fourth-order valence-corrected chi connectivity index (χ4v) is 8.20. The summed E-state index contributed by atoms with van der Waals surface area (Å²) in [6.45, 7) is 1.64. The molecule has 2 aromatic rings. The Balaban J connectivity index is 1.91. The maximum Gasteiger partial charge on any atom is 0.324 e. The van der Waals surface area contributed by atoms with E-state index in [0.29, 0.717) is 24.3 Å². The fourth-order valence-electron chi connectivity index (χ4n) is 4.93. The van der Waals surface area contributed by atoms with E-state index in [9.17, 15) is 30.4 Å². The molecule has 1 atom stereocenters. The van der Waals surface area contributed by atoms with Gasteiger partial charge in [0.1, 0.15) is 16.4 Å². The molecule has 2 aromatic carbocycles. The Labute approximate surface area is 215 Å². The summed E-state index contributed by atoms with van der Waals surface area (Å²) in [5, 5.41) is -0.965. The molecule has 0 aromatic heterocycles. The fraction of sp³-hybridized carbons (Fsp3) is 0.480. The molecule has 11 heteroatoms. The molecule has 0 N–H and O–H groups in total. The second-order valence-electron chi connectivity index (χ2n) is 9.17. The van der Waals surface area contributed by atoms with Gasteiger partial charge in [0.2, 0.25) is 0 Å². The van der Waals surface area contributed by atoms with E-state index in [0.717, 1.165) is 24.5 Å². The number of rotatable bonds is 9. The van der Waals surface area contributed by atoms with Crippen LogP contribution in [0.15, 0.2) is 47.4 Å². The van der Waals surface area contributed by atoms with Gasteiger partial charge in [-0.15, -0.1) is 0 Å². The van der Waals surface area contributed by atoms with E-state index in [1.54, 1.807) is 6.92 Å². The number of esters is 1. The van der Waals surface area contributed by atoms with Gasteiger partial charge in [-0.25, -0.2) is 25.6 Å². The molecule has 0 bridgehead atoms. The Hall–Kier alpha value is -2.04. The predicted octanol–water partition coefficient (Wildman–Crippen LogP) is 5.23. The summed E-state index contributed by atoms with van der Waals surface area (Å²) in [6, 6.07) is 8.34. The summed E-state index contributed by atoms with van der Waals surface area (Å²) in [7, 11) is -7.87. The van der Waals surface area contributed by atoms with E-state index in [4.69, 9.17) is 16.3 Å². The first-order valence-corrected chi connectivity index (χ1v) is 15.4. The molecule has 0 heterocycles. The molecule has 1 aliphatic rings. The third kappa shape index (κ3) is 5.92. The standard InChI is InChI=1S/C25H29ClF2O6S2/c1-3-34-24(29)23(35(2,30)31)11-4-17-12-14-25(15-13-17,21-16-19(27)7-10-22(21)28)36(32,33)20-8-5-18(26)6-9-20/h5-10,16-17,23H,3-4,11-15H2,1-2H3. The van der Waals surface area contributed by atoms with Crippen molar-refractivity contribution in [3.8, 4) is 0 Å². The number of benzene rings is 2. The van der Waals surface area contributed by atoms with Crippen molar-refractivity contribution in [2.45, 2.75) is 60.3 Å². The Morgan fingerprint density at radius 2 is 1.69 bits per heavy atom. The van der Waals surface area contributed by atoms with Crippen molar-refractivity contribution in [2.24, 2.45) is 5.92 Å². The Morgan fingerprint density at radius 3 is 2.25 bits per heavy atom. The first kappa shape index (κ1) is 28.5. The zero-order chi connectivity index (χ0) is 26.7. The molecule has 1 saturated carbocycles. The average molecular weight is 563 g/mol. The Morgan fingerprint density at radius 1 is 1.08 bits per heavy atom. The van der Waals surface area contributed by atoms with E-state index in [1.165, 1.54) is 24.3 Å². The summed E-state index contributed by atoms with van der Waals surface area (Å²) in [5.74, 6) is -2.47. The number of halogens is 3. The first-order chi connectivity index (χ1) is 16.8. The quantitative estimate of drug-likeness (QED) is 0.388. The second kappa shape index (κ2) is 11.1. The van der Waals surface area contributed by atoms with Crippen LogP contribution >= 0.6 is 11.6 Å². The minimum atomic E-state index is -4.17. The maximum atomic E-state index is 15.0. The smallest absolute Gasteiger partial charge is 0.324 e. The molecule has 36 heavy (non-hydrogen) atoms. The van der Waals surface area contributed by atoms with Crippen LogP contribution in [0.4, 0.5) is 8.78 Å². The zero-order valence-electron chi connectivity index (χ0n) is 20.0. The van der Waals surface area contributed by atoms with Crippen molar-refractivity contribution in [3.63, 3.8) is 0 Å². The monoisotopic (exact) mass is 562 g/mol. The van der Waals surface area contributed by atoms with Gasteiger partial charge >= 0.3 is 5.97 Å². The van der Waals surface area contributed by atoms with E-state index < -0.39 is 47.3 Å². The van der Waals surface area contributed by atoms with Crippen LogP contribution in [0, 0.1) is 17.6 Å². The van der Waals surface area contributed by atoms with Crippen LogP contribution in [0.2, 0.25) is 5.02 Å². The lowest BCUT2D eigenvalue weighted by Gasteiger charge is -2.40. The highest BCUT2D eigenvalue weighted by Gasteiger charge is 2.50. The van der Waals surface area contributed by atoms with Gasteiger partial charge in [0.05, 0.1) is 11.5 Å². The lowest BCUT2D eigenvalue weighted by atomic mass is 9.76. The summed E-state index contributed by atoms with van der Waals surface area (Å²) < 4.78 is 84.4. The summed E-state index contributed by atoms with van der Waals surface area (Å²) >= 11 is 5.92. The SMILES string of the molecule is CCOC(=O)C(CCC1CCC(c2cc(F)ccc2F)(S(=O)(=O)c2ccc(Cl)cc2)CC1)S(C)(=O)=O. The topological polar surface area (TPSA) is 94.6 Å². The van der Waals surface area contributed by atoms with Crippen molar-refractivity contribution in [3.05, 3.63) is 64.7 Å². The molecule has 0 radical (unpaired) electrons. The molecule has 0 aliphatic heterocycles. The Bertz CT molecular complexity index is 1300. The third-order valence-corrected chi connectivity index (χ3v) is 11.1. The minimum absolute atomic E-state index is 0.00590. The molecule has 0 amide bonds. The molecular weight excluding hydrogens is 534 g/mol. The van der Waals surface area contributed by atoms with E-state index in [1.807, 2.05) is 0 Å². The van der Waals surface area contributed by atoms with Gasteiger partial charge in [0.15, 0.2) is 24.9 Å². The number of carbonyl (C=O) groups excluding carboxylic acids is 1. The van der Waals surface area contributed by atoms with Crippen molar-refractivity contribution >= 4 is 37.2 Å². The molecule has 3 rings (SSSR count). The lowest BCUT2D eigenvalue weighted by Crippen LogP contribution is -2.41. The average Bonchev–Trinajstić information content (AvgIpc) is 2.81. The Kier molecular flexibility index (Phi) is 8.83. The minimum Gasteiger partial charge on any atom is -0.465 e. The van der Waals surface area contributed by atoms with Crippen LogP contribution in [0.25, 0.3) is 0 Å². The molecule has 1 aliphatic carbocycles. The van der Waals surface area contributed by atoms with Gasteiger partial charge in [-0.2, -0.15) is 0 Å². The van der Waals surface area contributed by atoms with Crippen LogP contribution in [0.3, 0.4) is 0 Å². The number of sulfone groups is 2. The maximum absolute atomic E-state index is 15.0. The second-order valence-corrected chi connectivity index (χ2v) is 14.1. The van der Waals surface area contributed by atoms with Crippen molar-refractivity contribution in [1.82, 2.24) is 0 Å². The van der Waals surface area contributed by atoms with Crippen LogP contribution in [-0.4, -0.2) is 40.9 Å². The normalized spacial score (nSPS) is 21.6. The van der Waals surface area contributed by atoms with Crippen LogP contribution < -0.4 is 0 Å². The summed E-state index contributed by atoms with van der Waals surface area (Å²) in [6.07, 6.45) is 2.01. The number of hydrogen-bond acceptors (Lipinski definition) is 6. The highest BCUT2D eigenvalue weighted by Crippen LogP contribution is 2.50. The third-order valence-electron chi connectivity index (χ3n) is 6.87.